The molecule has 4 heterocycles. The van der Waals surface area contributed by atoms with E-state index in [9.17, 15) is 19.8 Å². The number of amides is 1. The summed E-state index contributed by atoms with van der Waals surface area (Å²) >= 11 is 0. The molecule has 2 aliphatic rings. The van der Waals surface area contributed by atoms with Crippen LogP contribution in [0.1, 0.15) is 49.0 Å². The van der Waals surface area contributed by atoms with Crippen molar-refractivity contribution >= 4 is 22.6 Å². The average Bonchev–Trinajstić information content (AvgIpc) is 3.19. The molecule has 54 heavy (non-hydrogen) atoms. The molecule has 0 radical (unpaired) electrons. The van der Waals surface area contributed by atoms with Crippen LogP contribution in [0.25, 0.3) is 10.9 Å². The van der Waals surface area contributed by atoms with Crippen molar-refractivity contribution in [3.05, 3.63) is 93.9 Å². The summed E-state index contributed by atoms with van der Waals surface area (Å²) in [5, 5.41) is 24.7. The lowest BCUT2D eigenvalue weighted by molar-refractivity contribution is -0.132. The number of aliphatic hydroxyl groups is 1. The number of carbonyl (C=O) groups is 1. The largest absolute Gasteiger partial charge is 0.506 e. The second kappa shape index (κ2) is 18.7. The maximum absolute atomic E-state index is 12.9. The number of methoxy groups -OCH3 is 1. The third-order valence-corrected chi connectivity index (χ3v) is 10.6. The van der Waals surface area contributed by atoms with Crippen molar-refractivity contribution in [2.45, 2.75) is 50.9 Å². The Balaban J connectivity index is 0.868. The highest BCUT2D eigenvalue weighted by Crippen LogP contribution is 2.33. The zero-order chi connectivity index (χ0) is 37.9. The van der Waals surface area contributed by atoms with Gasteiger partial charge in [-0.05, 0) is 61.1 Å². The number of likely N-dealkylation sites (tertiary alicyclic amines) is 1. The highest BCUT2D eigenvalue weighted by atomic mass is 16.5. The zero-order valence-corrected chi connectivity index (χ0v) is 31.5. The molecule has 290 valence electrons. The predicted molar refractivity (Wildman–Crippen MR) is 208 cm³/mol. The number of likely N-dealkylation sites (N-methyl/N-ethyl adjacent to an activating group) is 1. The molecular formula is C41H54N6O7. The van der Waals surface area contributed by atoms with E-state index < -0.39 is 6.10 Å². The molecule has 0 bridgehead atoms. The van der Waals surface area contributed by atoms with Gasteiger partial charge in [-0.25, -0.2) is 4.98 Å². The maximum atomic E-state index is 12.9. The van der Waals surface area contributed by atoms with Crippen LogP contribution in [0.4, 0.5) is 5.82 Å². The normalized spacial score (nSPS) is 16.5. The molecule has 2 fully saturated rings. The number of nitrogens with zero attached hydrogens (tertiary/aromatic N) is 4. The van der Waals surface area contributed by atoms with E-state index in [1.54, 1.807) is 30.3 Å². The van der Waals surface area contributed by atoms with Crippen LogP contribution < -0.4 is 20.5 Å². The lowest BCUT2D eigenvalue weighted by Crippen LogP contribution is -2.57. The van der Waals surface area contributed by atoms with Crippen molar-refractivity contribution in [2.75, 3.05) is 84.2 Å². The number of nitrogens with one attached hydrogen (secondary N) is 2. The molecule has 0 saturated carbocycles. The van der Waals surface area contributed by atoms with E-state index in [1.807, 2.05) is 19.1 Å². The van der Waals surface area contributed by atoms with Crippen LogP contribution in [-0.2, 0) is 27.2 Å². The zero-order valence-electron chi connectivity index (χ0n) is 31.5. The van der Waals surface area contributed by atoms with Gasteiger partial charge in [0.25, 0.3) is 0 Å². The number of aromatic nitrogens is 2. The van der Waals surface area contributed by atoms with E-state index in [2.05, 4.69) is 49.4 Å². The molecule has 1 amide bonds. The van der Waals surface area contributed by atoms with Gasteiger partial charge in [-0.1, -0.05) is 30.3 Å². The summed E-state index contributed by atoms with van der Waals surface area (Å²) in [6.45, 7) is 9.93. The van der Waals surface area contributed by atoms with Gasteiger partial charge in [-0.2, -0.15) is 0 Å². The minimum Gasteiger partial charge on any atom is -0.506 e. The van der Waals surface area contributed by atoms with Crippen molar-refractivity contribution in [1.29, 1.82) is 0 Å². The summed E-state index contributed by atoms with van der Waals surface area (Å²) in [7, 11) is 1.68. The Morgan fingerprint density at radius 2 is 1.93 bits per heavy atom. The van der Waals surface area contributed by atoms with E-state index in [4.69, 9.17) is 14.2 Å². The fourth-order valence-corrected chi connectivity index (χ4v) is 7.48. The molecule has 1 spiro atoms. The summed E-state index contributed by atoms with van der Waals surface area (Å²) in [6.07, 6.45) is 4.00. The van der Waals surface area contributed by atoms with Gasteiger partial charge < -0.3 is 44.5 Å². The Morgan fingerprint density at radius 3 is 2.74 bits per heavy atom. The van der Waals surface area contributed by atoms with Crippen LogP contribution in [0.3, 0.4) is 0 Å². The van der Waals surface area contributed by atoms with Crippen molar-refractivity contribution in [3.8, 4) is 11.5 Å². The number of fused-ring (bicyclic) bond motifs is 1. The van der Waals surface area contributed by atoms with Crippen LogP contribution in [0.2, 0.25) is 0 Å². The topological polar surface area (TPSA) is 153 Å². The van der Waals surface area contributed by atoms with Gasteiger partial charge in [0.2, 0.25) is 11.5 Å². The Hall–Kier alpha value is -4.53. The summed E-state index contributed by atoms with van der Waals surface area (Å²) in [4.78, 5) is 38.4. The number of benzene rings is 2. The first-order valence-electron chi connectivity index (χ1n) is 19.0. The highest BCUT2D eigenvalue weighted by Gasteiger charge is 2.40. The lowest BCUT2D eigenvalue weighted by atomic mass is 9.89. The SMILES string of the molecule is CCN(CCNC[C@H](O)c1ccc(O)c2[nH]c(=O)ccc12)C(=O)CCOCCc1cccc(CN2CCC3(CC2)CN(c2cc(OC)ccn2)CCO3)c1. The summed E-state index contributed by atoms with van der Waals surface area (Å²) in [6, 6.07) is 18.6. The number of rotatable bonds is 17. The van der Waals surface area contributed by atoms with Gasteiger partial charge in [-0.3, -0.25) is 14.5 Å². The Kier molecular flexibility index (Phi) is 13.5. The van der Waals surface area contributed by atoms with Crippen molar-refractivity contribution in [2.24, 2.45) is 0 Å². The number of phenols is 1. The predicted octanol–water partition coefficient (Wildman–Crippen LogP) is 3.63. The van der Waals surface area contributed by atoms with Gasteiger partial charge in [0.15, 0.2) is 0 Å². The molecule has 1 atom stereocenters. The monoisotopic (exact) mass is 742 g/mol. The summed E-state index contributed by atoms with van der Waals surface area (Å²) in [5.41, 5.74) is 2.94. The number of morpholine rings is 1. The third kappa shape index (κ3) is 10.2. The maximum Gasteiger partial charge on any atom is 0.248 e. The molecule has 6 rings (SSSR count). The number of pyridine rings is 2. The number of anilines is 1. The lowest BCUT2D eigenvalue weighted by Gasteiger charge is -2.47. The van der Waals surface area contributed by atoms with Crippen LogP contribution in [0.5, 0.6) is 11.5 Å². The second-order valence-corrected chi connectivity index (χ2v) is 14.2. The number of aromatic amines is 1. The number of phenolic OH excluding ortho intramolecular Hbond substituents is 1. The first-order chi connectivity index (χ1) is 26.3. The van der Waals surface area contributed by atoms with E-state index in [0.717, 1.165) is 63.6 Å². The quantitative estimate of drug-likeness (QED) is 0.117. The fourth-order valence-electron chi connectivity index (χ4n) is 7.48. The first kappa shape index (κ1) is 39.2. The van der Waals surface area contributed by atoms with Crippen LogP contribution in [0.15, 0.2) is 71.7 Å². The number of aromatic hydroxyl groups is 1. The van der Waals surface area contributed by atoms with Crippen LogP contribution in [-0.4, -0.2) is 121 Å². The van der Waals surface area contributed by atoms with Crippen molar-refractivity contribution in [1.82, 2.24) is 25.1 Å². The number of aliphatic hydroxyl groups excluding tert-OH is 1. The molecule has 4 N–H and O–H groups in total. The van der Waals surface area contributed by atoms with Crippen molar-refractivity contribution in [3.63, 3.8) is 0 Å². The minimum absolute atomic E-state index is 0.0296. The molecule has 0 aliphatic carbocycles. The van der Waals surface area contributed by atoms with Gasteiger partial charge in [0, 0.05) is 82.6 Å². The van der Waals surface area contributed by atoms with E-state index in [-0.39, 0.29) is 29.4 Å². The first-order valence-corrected chi connectivity index (χ1v) is 19.0. The standard InChI is InChI=1S/C41H54N6O7/c1-3-46(20-17-42-27-36(49)33-7-9-35(48)40-34(33)8-10-38(50)44-40)39(51)13-23-53-22-12-30-5-4-6-31(25-30)28-45-18-14-41(15-19-45)29-47(21-24-54-41)37-26-32(52-2)11-16-43-37/h4-11,16,25-26,36,42,48-49H,3,12-15,17-24,27-29H2,1-2H3,(H,44,50)/t36-/m0/s1. The molecule has 2 aromatic heterocycles. The number of piperidine rings is 1. The molecule has 2 saturated heterocycles. The van der Waals surface area contributed by atoms with E-state index in [0.29, 0.717) is 62.3 Å². The van der Waals surface area contributed by atoms with E-state index >= 15 is 0 Å². The molecule has 13 heteroatoms. The van der Waals surface area contributed by atoms with Gasteiger partial charge in [0.1, 0.15) is 17.3 Å². The Morgan fingerprint density at radius 1 is 1.09 bits per heavy atom. The number of ether oxygens (including phenoxy) is 3. The molecule has 0 unspecified atom stereocenters. The number of H-pyrrole nitrogens is 1. The second-order valence-electron chi connectivity index (χ2n) is 14.2. The number of hydrogen-bond acceptors (Lipinski definition) is 11. The van der Waals surface area contributed by atoms with Crippen molar-refractivity contribution < 1.29 is 29.2 Å². The van der Waals surface area contributed by atoms with Gasteiger partial charge >= 0.3 is 0 Å². The fraction of sp³-hybridized carbons (Fsp3) is 0.488. The average molecular weight is 743 g/mol. The van der Waals surface area contributed by atoms with Crippen LogP contribution in [0, 0.1) is 0 Å². The third-order valence-electron chi connectivity index (χ3n) is 10.6. The number of carbonyl (C=O) groups excluding carboxylic acids is 1. The molecular weight excluding hydrogens is 688 g/mol. The highest BCUT2D eigenvalue weighted by molar-refractivity contribution is 5.87. The molecule has 2 aromatic carbocycles. The molecule has 2 aliphatic heterocycles. The minimum atomic E-state index is -0.857. The Bertz CT molecular complexity index is 1900. The Labute approximate surface area is 316 Å². The van der Waals surface area contributed by atoms with Crippen LogP contribution >= 0.6 is 0 Å². The summed E-state index contributed by atoms with van der Waals surface area (Å²) < 4.78 is 17.7. The molecule has 13 nitrogen and oxygen atoms in total. The number of hydrogen-bond donors (Lipinski definition) is 4. The van der Waals surface area contributed by atoms with E-state index in [1.165, 1.54) is 23.3 Å². The summed E-state index contributed by atoms with van der Waals surface area (Å²) in [5.74, 6) is 1.74. The smallest absolute Gasteiger partial charge is 0.248 e. The molecule has 4 aromatic rings. The van der Waals surface area contributed by atoms with Gasteiger partial charge in [-0.15, -0.1) is 0 Å². The van der Waals surface area contributed by atoms with Gasteiger partial charge in [0.05, 0.1) is 50.6 Å².